The average molecular weight is 727 g/mol. The van der Waals surface area contributed by atoms with Gasteiger partial charge in [0.05, 0.1) is 22.1 Å². The summed E-state index contributed by atoms with van der Waals surface area (Å²) in [5.41, 5.74) is 7.30. The normalized spacial score (nSPS) is 11.4. The summed E-state index contributed by atoms with van der Waals surface area (Å²) >= 11 is 0. The van der Waals surface area contributed by atoms with Gasteiger partial charge in [-0.1, -0.05) is 109 Å². The summed E-state index contributed by atoms with van der Waals surface area (Å²) in [6, 6.07) is 64.4. The van der Waals surface area contributed by atoms with Crippen molar-refractivity contribution in [2.24, 2.45) is 0 Å². The fourth-order valence-electron chi connectivity index (χ4n) is 7.67. The molecule has 0 amide bonds. The van der Waals surface area contributed by atoms with Crippen LogP contribution in [0.25, 0.3) is 55.0 Å². The van der Waals surface area contributed by atoms with Crippen LogP contribution in [0.5, 0.6) is 23.0 Å². The summed E-state index contributed by atoms with van der Waals surface area (Å²) in [4.78, 5) is 14.2. The van der Waals surface area contributed by atoms with Crippen LogP contribution in [0, 0.1) is 0 Å². The first kappa shape index (κ1) is 33.0. The Labute approximate surface area is 323 Å². The summed E-state index contributed by atoms with van der Waals surface area (Å²) in [6.07, 6.45) is 0. The number of nitrogens with zero attached hydrogens (tertiary/aromatic N) is 2. The van der Waals surface area contributed by atoms with E-state index in [4.69, 9.17) is 14.2 Å². The van der Waals surface area contributed by atoms with Crippen molar-refractivity contribution >= 4 is 49.6 Å². The van der Waals surface area contributed by atoms with Crippen LogP contribution in [0.15, 0.2) is 194 Å². The quantitative estimate of drug-likeness (QED) is 0.139. The van der Waals surface area contributed by atoms with Crippen molar-refractivity contribution in [2.75, 3.05) is 0 Å². The lowest BCUT2D eigenvalue weighted by Crippen LogP contribution is -2.09. The van der Waals surface area contributed by atoms with Crippen LogP contribution in [0.2, 0.25) is 0 Å². The molecule has 0 bridgehead atoms. The molecule has 0 fully saturated rings. The zero-order valence-corrected chi connectivity index (χ0v) is 30.2. The predicted octanol–water partition coefficient (Wildman–Crippen LogP) is 12.8. The van der Waals surface area contributed by atoms with E-state index in [1.54, 1.807) is 12.1 Å². The van der Waals surface area contributed by atoms with Crippen molar-refractivity contribution in [3.63, 3.8) is 0 Å². The highest BCUT2D eigenvalue weighted by atomic mass is 16.5. The fraction of sp³-hybridized carbons (Fsp3) is 0.0200. The van der Waals surface area contributed by atoms with Crippen LogP contribution in [-0.4, -0.2) is 15.1 Å². The van der Waals surface area contributed by atoms with Crippen LogP contribution < -0.4 is 9.47 Å². The minimum absolute atomic E-state index is 0.0970. The van der Waals surface area contributed by atoms with E-state index in [1.807, 2.05) is 97.1 Å². The van der Waals surface area contributed by atoms with E-state index in [2.05, 4.69) is 94.1 Å². The molecule has 0 saturated heterocycles. The number of fused-ring (bicyclic) bond motifs is 6. The maximum atomic E-state index is 14.2. The van der Waals surface area contributed by atoms with Gasteiger partial charge in [0, 0.05) is 45.1 Å². The standard InChI is InChI=1S/C50H34N2O4/c53-50(54-33-34-15-4-1-5-16-34)49-47(55-37-27-29-41-39-21-10-12-23-43(39)51(45(41)31-37)35-17-6-2-7-18-35)25-14-26-48(49)56-38-28-30-42-40-22-11-13-24-44(40)52(46(42)32-38)36-19-8-3-9-20-36/h1-32H,33H2. The number of carbonyl (C=O) groups excluding carboxylic acids is 1. The van der Waals surface area contributed by atoms with Crippen LogP contribution >= 0.6 is 0 Å². The number of hydrogen-bond donors (Lipinski definition) is 0. The van der Waals surface area contributed by atoms with Crippen molar-refractivity contribution in [1.82, 2.24) is 9.13 Å². The number of ether oxygens (including phenoxy) is 3. The Morgan fingerprint density at radius 3 is 1.34 bits per heavy atom. The Balaban J connectivity index is 1.07. The summed E-state index contributed by atoms with van der Waals surface area (Å²) in [5, 5.41) is 4.47. The summed E-state index contributed by atoms with van der Waals surface area (Å²) < 4.78 is 23.7. The van der Waals surface area contributed by atoms with Crippen molar-refractivity contribution in [3.8, 4) is 34.4 Å². The summed E-state index contributed by atoms with van der Waals surface area (Å²) in [7, 11) is 0. The molecule has 0 N–H and O–H groups in total. The fourth-order valence-corrected chi connectivity index (χ4v) is 7.67. The molecule has 6 nitrogen and oxygen atoms in total. The average Bonchev–Trinajstić information content (AvgIpc) is 3.76. The van der Waals surface area contributed by atoms with Gasteiger partial charge in [0.2, 0.25) is 0 Å². The van der Waals surface area contributed by atoms with E-state index in [9.17, 15) is 4.79 Å². The number of carbonyl (C=O) groups is 1. The van der Waals surface area contributed by atoms with Crippen LogP contribution in [-0.2, 0) is 11.3 Å². The number of para-hydroxylation sites is 4. The monoisotopic (exact) mass is 726 g/mol. The molecule has 0 spiro atoms. The molecule has 268 valence electrons. The highest BCUT2D eigenvalue weighted by Gasteiger charge is 2.23. The number of benzene rings is 8. The van der Waals surface area contributed by atoms with E-state index in [1.165, 1.54) is 0 Å². The Hall–Kier alpha value is -7.57. The second-order valence-corrected chi connectivity index (χ2v) is 13.6. The number of esters is 1. The van der Waals surface area contributed by atoms with Gasteiger partial charge in [-0.15, -0.1) is 0 Å². The van der Waals surface area contributed by atoms with Gasteiger partial charge in [-0.2, -0.15) is 0 Å². The molecule has 8 aromatic carbocycles. The zero-order valence-electron chi connectivity index (χ0n) is 30.2. The Morgan fingerprint density at radius 2 is 0.839 bits per heavy atom. The first-order valence-corrected chi connectivity index (χ1v) is 18.6. The third-order valence-electron chi connectivity index (χ3n) is 10.2. The molecule has 0 unspecified atom stereocenters. The molecule has 0 atom stereocenters. The van der Waals surface area contributed by atoms with Crippen LogP contribution in [0.1, 0.15) is 15.9 Å². The lowest BCUT2D eigenvalue weighted by Gasteiger charge is -2.16. The molecule has 0 aliphatic rings. The van der Waals surface area contributed by atoms with Crippen molar-refractivity contribution in [1.29, 1.82) is 0 Å². The van der Waals surface area contributed by atoms with E-state index in [0.29, 0.717) is 23.0 Å². The SMILES string of the molecule is O=C(OCc1ccccc1)c1c(Oc2ccc3c4ccccc4n(-c4ccccc4)c3c2)cccc1Oc1ccc2c3ccccc3n(-c3ccccc3)c2c1. The topological polar surface area (TPSA) is 54.6 Å². The summed E-state index contributed by atoms with van der Waals surface area (Å²) in [5.74, 6) is 1.23. The van der Waals surface area contributed by atoms with Gasteiger partial charge in [-0.25, -0.2) is 4.79 Å². The van der Waals surface area contributed by atoms with E-state index < -0.39 is 5.97 Å². The Bertz CT molecular complexity index is 2860. The second kappa shape index (κ2) is 14.0. The van der Waals surface area contributed by atoms with E-state index in [0.717, 1.165) is 60.5 Å². The van der Waals surface area contributed by atoms with E-state index >= 15 is 0 Å². The Kier molecular flexibility index (Phi) is 8.26. The van der Waals surface area contributed by atoms with Gasteiger partial charge in [0.25, 0.3) is 0 Å². The van der Waals surface area contributed by atoms with Crippen molar-refractivity contribution in [3.05, 3.63) is 205 Å². The molecule has 0 radical (unpaired) electrons. The van der Waals surface area contributed by atoms with Gasteiger partial charge in [0.1, 0.15) is 35.2 Å². The van der Waals surface area contributed by atoms with Gasteiger partial charge in [-0.3, -0.25) is 0 Å². The molecule has 56 heavy (non-hydrogen) atoms. The molecule has 6 heteroatoms. The Morgan fingerprint density at radius 1 is 0.411 bits per heavy atom. The predicted molar refractivity (Wildman–Crippen MR) is 224 cm³/mol. The second-order valence-electron chi connectivity index (χ2n) is 13.6. The number of rotatable bonds is 9. The first-order valence-electron chi connectivity index (χ1n) is 18.6. The molecule has 10 aromatic rings. The highest BCUT2D eigenvalue weighted by molar-refractivity contribution is 6.10. The highest BCUT2D eigenvalue weighted by Crippen LogP contribution is 2.40. The molecule has 0 aliphatic carbocycles. The van der Waals surface area contributed by atoms with Crippen LogP contribution in [0.3, 0.4) is 0 Å². The third kappa shape index (κ3) is 5.90. The lowest BCUT2D eigenvalue weighted by atomic mass is 10.1. The largest absolute Gasteiger partial charge is 0.457 e. The molecule has 2 heterocycles. The third-order valence-corrected chi connectivity index (χ3v) is 10.2. The van der Waals surface area contributed by atoms with Gasteiger partial charge < -0.3 is 23.3 Å². The molecule has 0 saturated carbocycles. The van der Waals surface area contributed by atoms with Crippen molar-refractivity contribution in [2.45, 2.75) is 6.61 Å². The summed E-state index contributed by atoms with van der Waals surface area (Å²) in [6.45, 7) is 0.0970. The van der Waals surface area contributed by atoms with E-state index in [-0.39, 0.29) is 12.2 Å². The minimum atomic E-state index is -0.557. The number of hydrogen-bond acceptors (Lipinski definition) is 4. The minimum Gasteiger partial charge on any atom is -0.457 e. The number of aromatic nitrogens is 2. The maximum absolute atomic E-state index is 14.2. The van der Waals surface area contributed by atoms with Gasteiger partial charge >= 0.3 is 5.97 Å². The molecular formula is C50H34N2O4. The van der Waals surface area contributed by atoms with Gasteiger partial charge in [0.15, 0.2) is 0 Å². The van der Waals surface area contributed by atoms with Gasteiger partial charge in [-0.05, 0) is 78.4 Å². The maximum Gasteiger partial charge on any atom is 0.346 e. The molecule has 2 aromatic heterocycles. The molecule has 0 aliphatic heterocycles. The molecule has 10 rings (SSSR count). The smallest absolute Gasteiger partial charge is 0.346 e. The zero-order chi connectivity index (χ0) is 37.4. The van der Waals surface area contributed by atoms with Crippen molar-refractivity contribution < 1.29 is 19.0 Å². The molecular weight excluding hydrogens is 693 g/mol. The lowest BCUT2D eigenvalue weighted by molar-refractivity contribution is 0.0467. The first-order chi connectivity index (χ1) is 27.7. The van der Waals surface area contributed by atoms with Crippen LogP contribution in [0.4, 0.5) is 0 Å².